The largest absolute Gasteiger partial charge is 0.248 e. The van der Waals surface area contributed by atoms with Crippen molar-refractivity contribution in [1.82, 2.24) is 0 Å². The molecule has 0 saturated carbocycles. The van der Waals surface area contributed by atoms with Crippen LogP contribution >= 0.6 is 0 Å². The van der Waals surface area contributed by atoms with Gasteiger partial charge in [0.25, 0.3) is 0 Å². The van der Waals surface area contributed by atoms with E-state index in [1.807, 2.05) is 0 Å². The lowest BCUT2D eigenvalue weighted by Crippen LogP contribution is -2.10. The summed E-state index contributed by atoms with van der Waals surface area (Å²) in [6.45, 7) is 10.7. The molecule has 0 heterocycles. The Morgan fingerprint density at radius 1 is 0.714 bits per heavy atom. The van der Waals surface area contributed by atoms with Crippen molar-refractivity contribution < 1.29 is 4.39 Å². The molecule has 0 nitrogen and oxygen atoms in total. The molecular formula is C13H27F. The molecule has 0 saturated heterocycles. The van der Waals surface area contributed by atoms with Crippen LogP contribution in [0.5, 0.6) is 0 Å². The molecule has 0 bridgehead atoms. The minimum Gasteiger partial charge on any atom is -0.248 e. The molecule has 1 heteroatoms. The zero-order chi connectivity index (χ0) is 11.1. The van der Waals surface area contributed by atoms with Gasteiger partial charge in [0.1, 0.15) is 0 Å². The van der Waals surface area contributed by atoms with Crippen molar-refractivity contribution in [3.05, 3.63) is 0 Å². The van der Waals surface area contributed by atoms with Crippen LogP contribution in [0.1, 0.15) is 60.3 Å². The highest BCUT2D eigenvalue weighted by molar-refractivity contribution is 4.64. The summed E-state index contributed by atoms with van der Waals surface area (Å²) in [5.41, 5.74) is 0. The third-order valence-electron chi connectivity index (χ3n) is 3.19. The first kappa shape index (κ1) is 13.9. The van der Waals surface area contributed by atoms with Gasteiger partial charge in [-0.3, -0.25) is 0 Å². The van der Waals surface area contributed by atoms with Crippen LogP contribution in [0.3, 0.4) is 0 Å². The van der Waals surface area contributed by atoms with E-state index < -0.39 is 6.17 Å². The maximum atomic E-state index is 12.6. The highest BCUT2D eigenvalue weighted by Crippen LogP contribution is 2.24. The number of hydrogen-bond acceptors (Lipinski definition) is 0. The van der Waals surface area contributed by atoms with E-state index in [1.165, 1.54) is 12.8 Å². The lowest BCUT2D eigenvalue weighted by molar-refractivity contribution is 0.267. The lowest BCUT2D eigenvalue weighted by Gasteiger charge is -2.20. The van der Waals surface area contributed by atoms with Gasteiger partial charge < -0.3 is 0 Å². The molecule has 0 N–H and O–H groups in total. The average molecular weight is 202 g/mol. The van der Waals surface area contributed by atoms with E-state index in [0.29, 0.717) is 5.92 Å². The highest BCUT2D eigenvalue weighted by atomic mass is 19.1. The first-order chi connectivity index (χ1) is 6.43. The monoisotopic (exact) mass is 202 g/mol. The standard InChI is InChI=1S/C13H27F/c1-10(2)6-7-11(3)12(4)8-9-13(5)14/h10-13H,6-9H2,1-5H3. The van der Waals surface area contributed by atoms with Gasteiger partial charge >= 0.3 is 0 Å². The van der Waals surface area contributed by atoms with E-state index in [2.05, 4.69) is 27.7 Å². The number of rotatable bonds is 7. The van der Waals surface area contributed by atoms with Gasteiger partial charge in [0, 0.05) is 0 Å². The van der Waals surface area contributed by atoms with Crippen LogP contribution in [0.25, 0.3) is 0 Å². The third kappa shape index (κ3) is 7.34. The van der Waals surface area contributed by atoms with Gasteiger partial charge in [-0.1, -0.05) is 40.5 Å². The fraction of sp³-hybridized carbons (Fsp3) is 1.00. The van der Waals surface area contributed by atoms with Crippen molar-refractivity contribution in [2.24, 2.45) is 17.8 Å². The minimum absolute atomic E-state index is 0.630. The molecule has 14 heavy (non-hydrogen) atoms. The fourth-order valence-electron chi connectivity index (χ4n) is 1.66. The normalized spacial score (nSPS) is 18.2. The third-order valence-corrected chi connectivity index (χ3v) is 3.19. The summed E-state index contributed by atoms with van der Waals surface area (Å²) in [5, 5.41) is 0. The Morgan fingerprint density at radius 3 is 1.50 bits per heavy atom. The zero-order valence-electron chi connectivity index (χ0n) is 10.5. The highest BCUT2D eigenvalue weighted by Gasteiger charge is 2.13. The Kier molecular flexibility index (Phi) is 7.22. The van der Waals surface area contributed by atoms with E-state index in [9.17, 15) is 4.39 Å². The van der Waals surface area contributed by atoms with Crippen molar-refractivity contribution in [3.63, 3.8) is 0 Å². The SMILES string of the molecule is CC(C)CCC(C)C(C)CCC(C)F. The Morgan fingerprint density at radius 2 is 1.14 bits per heavy atom. The quantitative estimate of drug-likeness (QED) is 0.554. The molecule has 0 aliphatic heterocycles. The summed E-state index contributed by atoms with van der Waals surface area (Å²) < 4.78 is 12.6. The van der Waals surface area contributed by atoms with E-state index in [-0.39, 0.29) is 0 Å². The van der Waals surface area contributed by atoms with Crippen LogP contribution < -0.4 is 0 Å². The fourth-order valence-corrected chi connectivity index (χ4v) is 1.66. The second-order valence-electron chi connectivity index (χ2n) is 5.28. The summed E-state index contributed by atoms with van der Waals surface area (Å²) in [6.07, 6.45) is 3.73. The molecule has 0 aliphatic rings. The molecule has 0 aliphatic carbocycles. The molecular weight excluding hydrogens is 175 g/mol. The molecule has 0 spiro atoms. The Labute approximate surface area is 89.3 Å². The van der Waals surface area contributed by atoms with Crippen molar-refractivity contribution >= 4 is 0 Å². The number of halogens is 1. The summed E-state index contributed by atoms with van der Waals surface area (Å²) >= 11 is 0. The van der Waals surface area contributed by atoms with Gasteiger partial charge in [-0.25, -0.2) is 4.39 Å². The van der Waals surface area contributed by atoms with Crippen LogP contribution in [0, 0.1) is 17.8 Å². The molecule has 0 aromatic carbocycles. The van der Waals surface area contributed by atoms with Crippen LogP contribution in [0.15, 0.2) is 0 Å². The van der Waals surface area contributed by atoms with E-state index in [0.717, 1.165) is 24.7 Å². The Hall–Kier alpha value is -0.0700. The van der Waals surface area contributed by atoms with Gasteiger partial charge in [-0.2, -0.15) is 0 Å². The van der Waals surface area contributed by atoms with E-state index in [4.69, 9.17) is 0 Å². The van der Waals surface area contributed by atoms with E-state index >= 15 is 0 Å². The first-order valence-electron chi connectivity index (χ1n) is 6.07. The second-order valence-corrected chi connectivity index (χ2v) is 5.28. The topological polar surface area (TPSA) is 0 Å². The maximum absolute atomic E-state index is 12.6. The molecule has 3 atom stereocenters. The summed E-state index contributed by atoms with van der Waals surface area (Å²) in [5.74, 6) is 2.22. The maximum Gasteiger partial charge on any atom is 0.0973 e. The van der Waals surface area contributed by atoms with Crippen LogP contribution in [0.4, 0.5) is 4.39 Å². The smallest absolute Gasteiger partial charge is 0.0973 e. The summed E-state index contributed by atoms with van der Waals surface area (Å²) in [6, 6.07) is 0. The van der Waals surface area contributed by atoms with Gasteiger partial charge in [-0.05, 0) is 37.5 Å². The summed E-state index contributed by atoms with van der Waals surface area (Å²) in [7, 11) is 0. The lowest BCUT2D eigenvalue weighted by atomic mass is 9.86. The predicted octanol–water partition coefficient (Wildman–Crippen LogP) is 4.83. The van der Waals surface area contributed by atoms with Gasteiger partial charge in [-0.15, -0.1) is 0 Å². The van der Waals surface area contributed by atoms with Crippen molar-refractivity contribution in [1.29, 1.82) is 0 Å². The van der Waals surface area contributed by atoms with Crippen molar-refractivity contribution in [3.8, 4) is 0 Å². The zero-order valence-corrected chi connectivity index (χ0v) is 10.5. The second kappa shape index (κ2) is 7.25. The van der Waals surface area contributed by atoms with Crippen LogP contribution in [-0.2, 0) is 0 Å². The molecule has 0 fully saturated rings. The molecule has 0 aromatic heterocycles. The molecule has 0 amide bonds. The predicted molar refractivity (Wildman–Crippen MR) is 62.2 cm³/mol. The van der Waals surface area contributed by atoms with Gasteiger partial charge in [0.05, 0.1) is 6.17 Å². The molecule has 3 unspecified atom stereocenters. The van der Waals surface area contributed by atoms with E-state index in [1.54, 1.807) is 6.92 Å². The molecule has 86 valence electrons. The van der Waals surface area contributed by atoms with Crippen molar-refractivity contribution in [2.75, 3.05) is 0 Å². The summed E-state index contributed by atoms with van der Waals surface area (Å²) in [4.78, 5) is 0. The number of alkyl halides is 1. The van der Waals surface area contributed by atoms with Crippen LogP contribution in [-0.4, -0.2) is 6.17 Å². The number of hydrogen-bond donors (Lipinski definition) is 0. The Balaban J connectivity index is 3.59. The first-order valence-corrected chi connectivity index (χ1v) is 6.07. The molecule has 0 aromatic rings. The molecule has 0 radical (unpaired) electrons. The Bertz CT molecular complexity index is 113. The average Bonchev–Trinajstić information content (AvgIpc) is 2.09. The van der Waals surface area contributed by atoms with Gasteiger partial charge in [0.15, 0.2) is 0 Å². The van der Waals surface area contributed by atoms with Gasteiger partial charge in [0.2, 0.25) is 0 Å². The van der Waals surface area contributed by atoms with Crippen molar-refractivity contribution in [2.45, 2.75) is 66.5 Å². The minimum atomic E-state index is -0.630. The molecule has 0 rings (SSSR count). The van der Waals surface area contributed by atoms with Crippen LogP contribution in [0.2, 0.25) is 0 Å².